The van der Waals surface area contributed by atoms with Crippen molar-refractivity contribution in [3.63, 3.8) is 0 Å². The van der Waals surface area contributed by atoms with Gasteiger partial charge in [0, 0.05) is 10.9 Å². The number of hydrogen-bond donors (Lipinski definition) is 0. The van der Waals surface area contributed by atoms with E-state index in [-0.39, 0.29) is 5.78 Å². The second kappa shape index (κ2) is 5.92. The van der Waals surface area contributed by atoms with Gasteiger partial charge in [-0.15, -0.1) is 0 Å². The highest BCUT2D eigenvalue weighted by Gasteiger charge is 2.01. The molecule has 0 aromatic heterocycles. The molecule has 2 heteroatoms. The Labute approximate surface area is 88.3 Å². The molecule has 0 amide bonds. The number of halogens is 1. The van der Waals surface area contributed by atoms with Crippen LogP contribution in [0.3, 0.4) is 0 Å². The maximum absolute atomic E-state index is 10.9. The van der Waals surface area contributed by atoms with Crippen LogP contribution < -0.4 is 0 Å². The van der Waals surface area contributed by atoms with Gasteiger partial charge in [-0.1, -0.05) is 34.2 Å². The van der Waals surface area contributed by atoms with Crippen molar-refractivity contribution in [2.24, 2.45) is 0 Å². The van der Waals surface area contributed by atoms with Crippen LogP contribution in [0.25, 0.3) is 0 Å². The van der Waals surface area contributed by atoms with Gasteiger partial charge in [-0.3, -0.25) is 4.79 Å². The van der Waals surface area contributed by atoms with Crippen LogP contribution in [0.2, 0.25) is 0 Å². The molecule has 1 nitrogen and oxygen atoms in total. The fourth-order valence-electron chi connectivity index (χ4n) is 0.868. The molecular weight excluding hydrogens is 228 g/mol. The summed E-state index contributed by atoms with van der Waals surface area (Å²) in [7, 11) is 0. The fraction of sp³-hybridized carbons (Fsp3) is 0.364. The topological polar surface area (TPSA) is 17.1 Å². The summed E-state index contributed by atoms with van der Waals surface area (Å²) in [5, 5.41) is 0. The van der Waals surface area contributed by atoms with Crippen LogP contribution in [0.5, 0.6) is 0 Å². The first-order valence-electron chi connectivity index (χ1n) is 4.12. The molecule has 0 saturated heterocycles. The molecule has 0 bridgehead atoms. The van der Waals surface area contributed by atoms with Gasteiger partial charge >= 0.3 is 0 Å². The summed E-state index contributed by atoms with van der Waals surface area (Å²) in [6.07, 6.45) is 4.14. The molecule has 72 valence electrons. The summed E-state index contributed by atoms with van der Waals surface area (Å²) < 4.78 is 0.942. The third kappa shape index (κ3) is 5.58. The Kier molecular flexibility index (Phi) is 5.63. The number of ketones is 1. The monoisotopic (exact) mass is 242 g/mol. The van der Waals surface area contributed by atoms with Crippen LogP contribution in [-0.4, -0.2) is 5.78 Å². The average molecular weight is 243 g/mol. The van der Waals surface area contributed by atoms with E-state index in [1.807, 2.05) is 19.9 Å². The van der Waals surface area contributed by atoms with Gasteiger partial charge in [-0.2, -0.15) is 0 Å². The molecule has 0 heterocycles. The van der Waals surface area contributed by atoms with E-state index in [1.54, 1.807) is 13.0 Å². The highest BCUT2D eigenvalue weighted by molar-refractivity contribution is 9.11. The average Bonchev–Trinajstić information content (AvgIpc) is 1.98. The van der Waals surface area contributed by atoms with E-state index in [4.69, 9.17) is 0 Å². The Morgan fingerprint density at radius 1 is 1.38 bits per heavy atom. The maximum atomic E-state index is 10.9. The van der Waals surface area contributed by atoms with Crippen LogP contribution in [0.1, 0.15) is 27.2 Å². The molecular formula is C11H15BrO. The van der Waals surface area contributed by atoms with E-state index in [9.17, 15) is 4.79 Å². The summed E-state index contributed by atoms with van der Waals surface area (Å²) in [4.78, 5) is 10.9. The SMILES string of the molecule is C=CC(CC(C)=O)=C(Br)C=C(C)C. The molecule has 0 aliphatic carbocycles. The van der Waals surface area contributed by atoms with Crippen molar-refractivity contribution >= 4 is 21.7 Å². The van der Waals surface area contributed by atoms with Gasteiger partial charge < -0.3 is 0 Å². The number of carbonyl (C=O) groups is 1. The van der Waals surface area contributed by atoms with Crippen LogP contribution in [0.4, 0.5) is 0 Å². The van der Waals surface area contributed by atoms with E-state index < -0.39 is 0 Å². The second-order valence-electron chi connectivity index (χ2n) is 3.18. The Balaban J connectivity index is 4.79. The third-order valence-corrected chi connectivity index (χ3v) is 2.15. The Morgan fingerprint density at radius 3 is 2.23 bits per heavy atom. The molecule has 0 fully saturated rings. The van der Waals surface area contributed by atoms with Crippen molar-refractivity contribution in [3.8, 4) is 0 Å². The lowest BCUT2D eigenvalue weighted by Crippen LogP contribution is -1.92. The van der Waals surface area contributed by atoms with E-state index >= 15 is 0 Å². The third-order valence-electron chi connectivity index (χ3n) is 1.41. The smallest absolute Gasteiger partial charge is 0.134 e. The number of rotatable bonds is 4. The van der Waals surface area contributed by atoms with Gasteiger partial charge in [0.15, 0.2) is 0 Å². The van der Waals surface area contributed by atoms with Crippen LogP contribution in [-0.2, 0) is 4.79 Å². The van der Waals surface area contributed by atoms with Crippen molar-refractivity contribution < 1.29 is 4.79 Å². The van der Waals surface area contributed by atoms with Gasteiger partial charge in [-0.05, 0) is 32.4 Å². The minimum absolute atomic E-state index is 0.147. The van der Waals surface area contributed by atoms with Crippen molar-refractivity contribution in [2.45, 2.75) is 27.2 Å². The first kappa shape index (κ1) is 12.4. The lowest BCUT2D eigenvalue weighted by molar-refractivity contribution is -0.116. The highest BCUT2D eigenvalue weighted by atomic mass is 79.9. The lowest BCUT2D eigenvalue weighted by atomic mass is 10.1. The van der Waals surface area contributed by atoms with Crippen LogP contribution in [0, 0.1) is 0 Å². The van der Waals surface area contributed by atoms with Gasteiger partial charge in [0.25, 0.3) is 0 Å². The molecule has 13 heavy (non-hydrogen) atoms. The molecule has 0 rings (SSSR count). The molecule has 0 unspecified atom stereocenters. The largest absolute Gasteiger partial charge is 0.300 e. The van der Waals surface area contributed by atoms with E-state index in [2.05, 4.69) is 22.5 Å². The van der Waals surface area contributed by atoms with Gasteiger partial charge in [-0.25, -0.2) is 0 Å². The lowest BCUT2D eigenvalue weighted by Gasteiger charge is -2.01. The first-order chi connectivity index (χ1) is 5.97. The van der Waals surface area contributed by atoms with Crippen LogP contribution in [0.15, 0.2) is 34.4 Å². The molecule has 0 aromatic carbocycles. The summed E-state index contributed by atoms with van der Waals surface area (Å²) in [5.41, 5.74) is 2.13. The highest BCUT2D eigenvalue weighted by Crippen LogP contribution is 2.19. The Hall–Kier alpha value is -0.630. The molecule has 0 radical (unpaired) electrons. The minimum Gasteiger partial charge on any atom is -0.300 e. The second-order valence-corrected chi connectivity index (χ2v) is 4.03. The van der Waals surface area contributed by atoms with Gasteiger partial charge in [0.05, 0.1) is 0 Å². The van der Waals surface area contributed by atoms with Crippen molar-refractivity contribution in [2.75, 3.05) is 0 Å². The number of Topliss-reactive ketones (excluding diaryl/α,β-unsaturated/α-hetero) is 1. The fourth-order valence-corrected chi connectivity index (χ4v) is 1.63. The molecule has 0 saturated carbocycles. The van der Waals surface area contributed by atoms with Crippen molar-refractivity contribution in [1.29, 1.82) is 0 Å². The van der Waals surface area contributed by atoms with Gasteiger partial charge in [0.2, 0.25) is 0 Å². The summed E-state index contributed by atoms with van der Waals surface area (Å²) >= 11 is 3.41. The summed E-state index contributed by atoms with van der Waals surface area (Å²) in [5.74, 6) is 0.147. The summed E-state index contributed by atoms with van der Waals surface area (Å²) in [6, 6.07) is 0. The normalized spacial score (nSPS) is 11.7. The van der Waals surface area contributed by atoms with E-state index in [1.165, 1.54) is 5.57 Å². The molecule has 0 atom stereocenters. The zero-order valence-electron chi connectivity index (χ0n) is 8.36. The maximum Gasteiger partial charge on any atom is 0.134 e. The first-order valence-corrected chi connectivity index (χ1v) is 4.92. The Morgan fingerprint density at radius 2 is 1.92 bits per heavy atom. The van der Waals surface area contributed by atoms with Gasteiger partial charge in [0.1, 0.15) is 5.78 Å². The number of carbonyl (C=O) groups excluding carboxylic acids is 1. The summed E-state index contributed by atoms with van der Waals surface area (Å²) in [6.45, 7) is 9.27. The van der Waals surface area contributed by atoms with Crippen LogP contribution >= 0.6 is 15.9 Å². The predicted octanol–water partition coefficient (Wildman–Crippen LogP) is 3.77. The Bertz CT molecular complexity index is 268. The number of allylic oxidation sites excluding steroid dienone is 5. The molecule has 0 aliphatic rings. The van der Waals surface area contributed by atoms with Crippen molar-refractivity contribution in [3.05, 3.63) is 34.4 Å². The quantitative estimate of drug-likeness (QED) is 0.687. The molecule has 0 spiro atoms. The standard InChI is InChI=1S/C11H15BrO/c1-5-10(7-9(4)13)11(12)6-8(2)3/h5-6H,1,7H2,2-4H3. The molecule has 0 aromatic rings. The molecule has 0 aliphatic heterocycles. The zero-order chi connectivity index (χ0) is 10.4. The molecule has 0 N–H and O–H groups in total. The minimum atomic E-state index is 0.147. The predicted molar refractivity (Wildman–Crippen MR) is 60.9 cm³/mol. The van der Waals surface area contributed by atoms with Crippen molar-refractivity contribution in [1.82, 2.24) is 0 Å². The van der Waals surface area contributed by atoms with E-state index in [0.717, 1.165) is 10.1 Å². The zero-order valence-corrected chi connectivity index (χ0v) is 9.94. The van der Waals surface area contributed by atoms with E-state index in [0.29, 0.717) is 6.42 Å². The number of hydrogen-bond acceptors (Lipinski definition) is 1.